The number of rotatable bonds is 4. The fourth-order valence-corrected chi connectivity index (χ4v) is 4.68. The molecule has 0 aliphatic carbocycles. The highest BCUT2D eigenvalue weighted by Gasteiger charge is 2.29. The molecule has 3 rings (SSSR count). The van der Waals surface area contributed by atoms with Crippen LogP contribution in [0.25, 0.3) is 0 Å². The summed E-state index contributed by atoms with van der Waals surface area (Å²) < 4.78 is 28.5. The van der Waals surface area contributed by atoms with E-state index < -0.39 is 10.0 Å². The van der Waals surface area contributed by atoms with E-state index in [9.17, 15) is 18.0 Å². The highest BCUT2D eigenvalue weighted by atomic mass is 32.2. The minimum absolute atomic E-state index is 0.0403. The predicted octanol–water partition coefficient (Wildman–Crippen LogP) is 2.31. The van der Waals surface area contributed by atoms with Gasteiger partial charge in [0.05, 0.1) is 22.7 Å². The first-order chi connectivity index (χ1) is 14.7. The normalized spacial score (nSPS) is 16.0. The number of hydrogen-bond donors (Lipinski definition) is 2. The van der Waals surface area contributed by atoms with Crippen LogP contribution in [-0.2, 0) is 25.8 Å². The fourth-order valence-electron chi connectivity index (χ4n) is 3.28. The van der Waals surface area contributed by atoms with E-state index in [0.717, 1.165) is 10.00 Å². The summed E-state index contributed by atoms with van der Waals surface area (Å²) in [6.07, 6.45) is 0. The monoisotopic (exact) mass is 461 g/mol. The van der Waals surface area contributed by atoms with Gasteiger partial charge in [-0.1, -0.05) is 20.8 Å². The zero-order chi connectivity index (χ0) is 23.9. The van der Waals surface area contributed by atoms with Crippen molar-refractivity contribution in [1.29, 1.82) is 0 Å². The molecule has 0 atom stereocenters. The van der Waals surface area contributed by atoms with Crippen LogP contribution in [0.15, 0.2) is 35.2 Å². The number of piperazine rings is 1. The third-order valence-corrected chi connectivity index (χ3v) is 6.97. The quantitative estimate of drug-likeness (QED) is 0.725. The molecule has 32 heavy (non-hydrogen) atoms. The summed E-state index contributed by atoms with van der Waals surface area (Å²) in [5.41, 5.74) is 0.649. The molecule has 1 fully saturated rings. The maximum absolute atomic E-state index is 12.9. The van der Waals surface area contributed by atoms with Gasteiger partial charge in [0.1, 0.15) is 5.82 Å². The Hall–Kier alpha value is -2.72. The van der Waals surface area contributed by atoms with Crippen molar-refractivity contribution >= 4 is 27.7 Å². The lowest BCUT2D eigenvalue weighted by Crippen LogP contribution is -2.49. The number of hydrogen-bond acceptors (Lipinski definition) is 5. The molecule has 1 aliphatic heterocycles. The molecule has 1 aromatic heterocycles. The molecular formula is C22H31N5O4S. The van der Waals surface area contributed by atoms with Gasteiger partial charge in [0, 0.05) is 30.1 Å². The van der Waals surface area contributed by atoms with Crippen LogP contribution in [0.2, 0.25) is 0 Å². The highest BCUT2D eigenvalue weighted by molar-refractivity contribution is 7.89. The van der Waals surface area contributed by atoms with Crippen LogP contribution in [0.3, 0.4) is 0 Å². The zero-order valence-electron chi connectivity index (χ0n) is 19.4. The van der Waals surface area contributed by atoms with Gasteiger partial charge in [-0.3, -0.25) is 9.59 Å². The lowest BCUT2D eigenvalue weighted by atomic mass is 9.92. The number of anilines is 1. The van der Waals surface area contributed by atoms with E-state index in [2.05, 4.69) is 36.5 Å². The van der Waals surface area contributed by atoms with Crippen molar-refractivity contribution in [2.45, 2.75) is 57.4 Å². The Morgan fingerprint density at radius 1 is 1.09 bits per heavy atom. The molecule has 2 N–H and O–H groups in total. The number of nitrogens with zero attached hydrogens (tertiary/aromatic N) is 3. The zero-order valence-corrected chi connectivity index (χ0v) is 20.2. The maximum atomic E-state index is 12.9. The van der Waals surface area contributed by atoms with Gasteiger partial charge in [0.25, 0.3) is 5.91 Å². The highest BCUT2D eigenvalue weighted by Crippen LogP contribution is 2.28. The Balaban J connectivity index is 1.83. The first kappa shape index (κ1) is 23.9. The van der Waals surface area contributed by atoms with E-state index in [4.69, 9.17) is 0 Å². The Kier molecular flexibility index (Phi) is 6.23. The van der Waals surface area contributed by atoms with Crippen LogP contribution < -0.4 is 10.6 Å². The third kappa shape index (κ3) is 5.02. The average molecular weight is 462 g/mol. The van der Waals surface area contributed by atoms with Crippen molar-refractivity contribution < 1.29 is 18.0 Å². The standard InChI is InChI=1S/C22H31N5O4S/c1-21(2,3)17-13-18(27(25-17)22(4,5)6)24-20(29)15-7-9-16(10-8-15)32(30,31)26-12-11-23-19(28)14-26/h7-10,13H,11-12,14H2,1-6H3,(H,23,28)(H,24,29). The Morgan fingerprint density at radius 2 is 1.72 bits per heavy atom. The minimum Gasteiger partial charge on any atom is -0.354 e. The second-order valence-corrected chi connectivity index (χ2v) is 11.9. The third-order valence-electron chi connectivity index (χ3n) is 5.11. The summed E-state index contributed by atoms with van der Waals surface area (Å²) in [7, 11) is -3.81. The van der Waals surface area contributed by atoms with Gasteiger partial charge in [-0.25, -0.2) is 13.1 Å². The number of nitrogens with one attached hydrogen (secondary N) is 2. The van der Waals surface area contributed by atoms with E-state index >= 15 is 0 Å². The molecule has 0 radical (unpaired) electrons. The molecule has 0 saturated carbocycles. The molecular weight excluding hydrogens is 430 g/mol. The van der Waals surface area contributed by atoms with Crippen LogP contribution in [0.4, 0.5) is 5.82 Å². The lowest BCUT2D eigenvalue weighted by molar-refractivity contribution is -0.122. The van der Waals surface area contributed by atoms with E-state index in [0.29, 0.717) is 11.4 Å². The number of carbonyl (C=O) groups is 2. The second kappa shape index (κ2) is 8.32. The SMILES string of the molecule is CC(C)(C)c1cc(NC(=O)c2ccc(S(=O)(=O)N3CCNC(=O)C3)cc2)n(C(C)(C)C)n1. The number of amides is 2. The summed E-state index contributed by atoms with van der Waals surface area (Å²) in [5, 5.41) is 10.2. The van der Waals surface area contributed by atoms with Gasteiger partial charge < -0.3 is 10.6 Å². The molecule has 2 heterocycles. The predicted molar refractivity (Wildman–Crippen MR) is 122 cm³/mol. The van der Waals surface area contributed by atoms with Gasteiger partial charge in [0.15, 0.2) is 0 Å². The van der Waals surface area contributed by atoms with Crippen molar-refractivity contribution in [1.82, 2.24) is 19.4 Å². The topological polar surface area (TPSA) is 113 Å². The van der Waals surface area contributed by atoms with E-state index in [1.165, 1.54) is 24.3 Å². The average Bonchev–Trinajstić information content (AvgIpc) is 3.13. The summed E-state index contributed by atoms with van der Waals surface area (Å²) in [6, 6.07) is 7.57. The molecule has 174 valence electrons. The van der Waals surface area contributed by atoms with Crippen LogP contribution in [0, 0.1) is 0 Å². The summed E-state index contributed by atoms with van der Waals surface area (Å²) in [6.45, 7) is 12.4. The number of carbonyl (C=O) groups excluding carboxylic acids is 2. The maximum Gasteiger partial charge on any atom is 0.256 e. The van der Waals surface area contributed by atoms with Crippen LogP contribution in [0.5, 0.6) is 0 Å². The van der Waals surface area contributed by atoms with Gasteiger partial charge in [-0.05, 0) is 45.0 Å². The Labute approximate surface area is 189 Å². The molecule has 0 bridgehead atoms. The van der Waals surface area contributed by atoms with E-state index in [1.807, 2.05) is 26.8 Å². The summed E-state index contributed by atoms with van der Waals surface area (Å²) in [5.74, 6) is -0.124. The van der Waals surface area contributed by atoms with Gasteiger partial charge in [-0.15, -0.1) is 0 Å². The van der Waals surface area contributed by atoms with Crippen LogP contribution in [0.1, 0.15) is 57.6 Å². The minimum atomic E-state index is -3.81. The first-order valence-corrected chi connectivity index (χ1v) is 11.9. The molecule has 1 saturated heterocycles. The van der Waals surface area contributed by atoms with E-state index in [1.54, 1.807) is 4.68 Å². The van der Waals surface area contributed by atoms with Crippen molar-refractivity contribution in [2.24, 2.45) is 0 Å². The molecule has 1 aliphatic rings. The van der Waals surface area contributed by atoms with Crippen LogP contribution in [-0.4, -0.2) is 54.0 Å². The van der Waals surface area contributed by atoms with Crippen molar-refractivity contribution in [2.75, 3.05) is 25.0 Å². The van der Waals surface area contributed by atoms with E-state index in [-0.39, 0.29) is 47.3 Å². The molecule has 9 nitrogen and oxygen atoms in total. The Bertz CT molecular complexity index is 1120. The van der Waals surface area contributed by atoms with Crippen LogP contribution >= 0.6 is 0 Å². The summed E-state index contributed by atoms with van der Waals surface area (Å²) >= 11 is 0. The molecule has 0 spiro atoms. The number of aromatic nitrogens is 2. The molecule has 2 aromatic rings. The number of benzene rings is 1. The van der Waals surface area contributed by atoms with Crippen molar-refractivity contribution in [3.05, 3.63) is 41.6 Å². The molecule has 0 unspecified atom stereocenters. The van der Waals surface area contributed by atoms with Crippen molar-refractivity contribution in [3.63, 3.8) is 0 Å². The first-order valence-electron chi connectivity index (χ1n) is 10.5. The van der Waals surface area contributed by atoms with Gasteiger partial charge >= 0.3 is 0 Å². The van der Waals surface area contributed by atoms with Crippen molar-refractivity contribution in [3.8, 4) is 0 Å². The largest absolute Gasteiger partial charge is 0.354 e. The summed E-state index contributed by atoms with van der Waals surface area (Å²) in [4.78, 5) is 24.5. The van der Waals surface area contributed by atoms with Gasteiger partial charge in [0.2, 0.25) is 15.9 Å². The second-order valence-electron chi connectivity index (χ2n) is 9.91. The molecule has 10 heteroatoms. The smallest absolute Gasteiger partial charge is 0.256 e. The van der Waals surface area contributed by atoms with Gasteiger partial charge in [-0.2, -0.15) is 9.40 Å². The fraction of sp³-hybridized carbons (Fsp3) is 0.500. The molecule has 2 amide bonds. The molecule has 1 aromatic carbocycles. The lowest BCUT2D eigenvalue weighted by Gasteiger charge is -2.25. The number of sulfonamides is 1. The Morgan fingerprint density at radius 3 is 2.25 bits per heavy atom.